The van der Waals surface area contributed by atoms with E-state index in [9.17, 15) is 4.79 Å². The third kappa shape index (κ3) is 1.61. The van der Waals surface area contributed by atoms with Crippen molar-refractivity contribution in [3.63, 3.8) is 0 Å². The highest BCUT2D eigenvalue weighted by molar-refractivity contribution is 7.16. The Bertz CT molecular complexity index is 464. The minimum absolute atomic E-state index is 0.0190. The van der Waals surface area contributed by atoms with Crippen molar-refractivity contribution in [3.05, 3.63) is 23.7 Å². The van der Waals surface area contributed by atoms with E-state index in [0.29, 0.717) is 6.42 Å². The van der Waals surface area contributed by atoms with Crippen LogP contribution in [-0.4, -0.2) is 10.9 Å². The summed E-state index contributed by atoms with van der Waals surface area (Å²) < 4.78 is 1.10. The lowest BCUT2D eigenvalue weighted by atomic mass is 10.3. The lowest BCUT2D eigenvalue weighted by Crippen LogP contribution is -2.09. The number of thiazole rings is 1. The molecule has 3 nitrogen and oxygen atoms in total. The van der Waals surface area contributed by atoms with E-state index in [2.05, 4.69) is 10.3 Å². The molecule has 4 heteroatoms. The lowest BCUT2D eigenvalue weighted by Gasteiger charge is -2.03. The normalized spacial score (nSPS) is 10.4. The largest absolute Gasteiger partial charge is 0.324 e. The van der Waals surface area contributed by atoms with Gasteiger partial charge in [-0.3, -0.25) is 4.79 Å². The van der Waals surface area contributed by atoms with Crippen LogP contribution in [0.25, 0.3) is 10.2 Å². The van der Waals surface area contributed by atoms with Crippen molar-refractivity contribution in [1.82, 2.24) is 4.98 Å². The molecule has 0 unspecified atom stereocenters. The zero-order chi connectivity index (χ0) is 9.97. The van der Waals surface area contributed by atoms with Crippen LogP contribution in [0.15, 0.2) is 23.7 Å². The Morgan fingerprint density at radius 3 is 3.21 bits per heavy atom. The summed E-state index contributed by atoms with van der Waals surface area (Å²) >= 11 is 1.57. The maximum absolute atomic E-state index is 11.2. The SMILES string of the molecule is CCC(=O)Nc1cccc2scnc12. The first kappa shape index (κ1) is 9.15. The van der Waals surface area contributed by atoms with E-state index in [1.807, 2.05) is 25.1 Å². The molecule has 0 spiro atoms. The van der Waals surface area contributed by atoms with Gasteiger partial charge in [0, 0.05) is 6.42 Å². The molecular formula is C10H10N2OS. The van der Waals surface area contributed by atoms with Gasteiger partial charge in [-0.1, -0.05) is 13.0 Å². The number of fused-ring (bicyclic) bond motifs is 1. The number of hydrogen-bond acceptors (Lipinski definition) is 3. The minimum Gasteiger partial charge on any atom is -0.324 e. The summed E-state index contributed by atoms with van der Waals surface area (Å²) in [5.41, 5.74) is 3.46. The molecule has 1 N–H and O–H groups in total. The molecule has 1 heterocycles. The average Bonchev–Trinajstić information content (AvgIpc) is 2.66. The standard InChI is InChI=1S/C10H10N2OS/c1-2-9(13)12-7-4-3-5-8-10(7)11-6-14-8/h3-6H,2H2,1H3,(H,12,13). The number of rotatable bonds is 2. The average molecular weight is 206 g/mol. The molecule has 0 saturated carbocycles. The number of amides is 1. The van der Waals surface area contributed by atoms with Crippen molar-refractivity contribution in [2.24, 2.45) is 0 Å². The number of nitrogens with one attached hydrogen (secondary N) is 1. The first-order valence-corrected chi connectivity index (χ1v) is 5.31. The number of aromatic nitrogens is 1. The van der Waals surface area contributed by atoms with Crippen molar-refractivity contribution in [3.8, 4) is 0 Å². The summed E-state index contributed by atoms with van der Waals surface area (Å²) in [5, 5.41) is 2.83. The van der Waals surface area contributed by atoms with Gasteiger partial charge in [0.25, 0.3) is 0 Å². The number of hydrogen-bond donors (Lipinski definition) is 1. The van der Waals surface area contributed by atoms with Crippen molar-refractivity contribution in [2.45, 2.75) is 13.3 Å². The van der Waals surface area contributed by atoms with Gasteiger partial charge in [-0.2, -0.15) is 0 Å². The number of nitrogens with zero attached hydrogens (tertiary/aromatic N) is 1. The molecule has 0 aliphatic rings. The second-order valence-electron chi connectivity index (χ2n) is 2.91. The van der Waals surface area contributed by atoms with Crippen molar-refractivity contribution in [1.29, 1.82) is 0 Å². The smallest absolute Gasteiger partial charge is 0.224 e. The molecule has 0 aliphatic heterocycles. The van der Waals surface area contributed by atoms with E-state index in [4.69, 9.17) is 0 Å². The molecule has 2 rings (SSSR count). The predicted octanol–water partition coefficient (Wildman–Crippen LogP) is 2.64. The molecular weight excluding hydrogens is 196 g/mol. The van der Waals surface area contributed by atoms with Crippen LogP contribution in [0.5, 0.6) is 0 Å². The Morgan fingerprint density at radius 1 is 1.57 bits per heavy atom. The predicted molar refractivity (Wildman–Crippen MR) is 58.5 cm³/mol. The number of carbonyl (C=O) groups is 1. The van der Waals surface area contributed by atoms with E-state index < -0.39 is 0 Å². The summed E-state index contributed by atoms with van der Waals surface area (Å²) in [7, 11) is 0. The molecule has 1 amide bonds. The summed E-state index contributed by atoms with van der Waals surface area (Å²) in [6, 6.07) is 5.79. The van der Waals surface area contributed by atoms with E-state index in [0.717, 1.165) is 15.9 Å². The summed E-state index contributed by atoms with van der Waals surface area (Å²) in [6.45, 7) is 1.83. The zero-order valence-corrected chi connectivity index (χ0v) is 8.60. The van der Waals surface area contributed by atoms with Crippen LogP contribution >= 0.6 is 11.3 Å². The Labute approximate surface area is 85.8 Å². The molecule has 1 aromatic heterocycles. The maximum atomic E-state index is 11.2. The van der Waals surface area contributed by atoms with E-state index in [-0.39, 0.29) is 5.91 Å². The Balaban J connectivity index is 2.41. The third-order valence-electron chi connectivity index (χ3n) is 1.96. The minimum atomic E-state index is 0.0190. The second kappa shape index (κ2) is 3.75. The topological polar surface area (TPSA) is 42.0 Å². The number of para-hydroxylation sites is 1. The highest BCUT2D eigenvalue weighted by atomic mass is 32.1. The van der Waals surface area contributed by atoms with Crippen LogP contribution in [0.4, 0.5) is 5.69 Å². The number of carbonyl (C=O) groups excluding carboxylic acids is 1. The maximum Gasteiger partial charge on any atom is 0.224 e. The van der Waals surface area contributed by atoms with Crippen LogP contribution in [-0.2, 0) is 4.79 Å². The van der Waals surface area contributed by atoms with Crippen LogP contribution < -0.4 is 5.32 Å². The molecule has 14 heavy (non-hydrogen) atoms. The van der Waals surface area contributed by atoms with E-state index in [1.54, 1.807) is 16.8 Å². The van der Waals surface area contributed by atoms with Crippen molar-refractivity contribution in [2.75, 3.05) is 5.32 Å². The molecule has 2 aromatic rings. The Kier molecular flexibility index (Phi) is 2.45. The first-order valence-electron chi connectivity index (χ1n) is 4.43. The molecule has 0 bridgehead atoms. The zero-order valence-electron chi connectivity index (χ0n) is 7.78. The Morgan fingerprint density at radius 2 is 2.43 bits per heavy atom. The van der Waals surface area contributed by atoms with Gasteiger partial charge in [-0.15, -0.1) is 11.3 Å². The fourth-order valence-corrected chi connectivity index (χ4v) is 1.93. The molecule has 0 fully saturated rings. The van der Waals surface area contributed by atoms with Crippen LogP contribution in [0, 0.1) is 0 Å². The van der Waals surface area contributed by atoms with Crippen LogP contribution in [0.1, 0.15) is 13.3 Å². The van der Waals surface area contributed by atoms with Gasteiger partial charge in [0.15, 0.2) is 0 Å². The highest BCUT2D eigenvalue weighted by Gasteiger charge is 2.05. The molecule has 0 radical (unpaired) electrons. The molecule has 0 aliphatic carbocycles. The fourth-order valence-electron chi connectivity index (χ4n) is 1.23. The monoisotopic (exact) mass is 206 g/mol. The number of benzene rings is 1. The molecule has 1 aromatic carbocycles. The van der Waals surface area contributed by atoms with Gasteiger partial charge in [0.05, 0.1) is 15.9 Å². The summed E-state index contributed by atoms with van der Waals surface area (Å²) in [6.07, 6.45) is 0.487. The van der Waals surface area contributed by atoms with Gasteiger partial charge >= 0.3 is 0 Å². The second-order valence-corrected chi connectivity index (χ2v) is 3.79. The quantitative estimate of drug-likeness (QED) is 0.820. The molecule has 72 valence electrons. The summed E-state index contributed by atoms with van der Waals surface area (Å²) in [4.78, 5) is 15.4. The third-order valence-corrected chi connectivity index (χ3v) is 2.75. The van der Waals surface area contributed by atoms with Gasteiger partial charge in [-0.05, 0) is 12.1 Å². The van der Waals surface area contributed by atoms with Crippen molar-refractivity contribution < 1.29 is 4.79 Å². The van der Waals surface area contributed by atoms with Gasteiger partial charge in [-0.25, -0.2) is 4.98 Å². The van der Waals surface area contributed by atoms with Gasteiger partial charge in [0.1, 0.15) is 5.52 Å². The van der Waals surface area contributed by atoms with Crippen molar-refractivity contribution >= 4 is 33.1 Å². The van der Waals surface area contributed by atoms with Crippen LogP contribution in [0.2, 0.25) is 0 Å². The van der Waals surface area contributed by atoms with E-state index in [1.165, 1.54) is 0 Å². The molecule has 0 saturated heterocycles. The highest BCUT2D eigenvalue weighted by Crippen LogP contribution is 2.24. The van der Waals surface area contributed by atoms with E-state index >= 15 is 0 Å². The lowest BCUT2D eigenvalue weighted by molar-refractivity contribution is -0.115. The van der Waals surface area contributed by atoms with Crippen LogP contribution in [0.3, 0.4) is 0 Å². The van der Waals surface area contributed by atoms with Gasteiger partial charge in [0.2, 0.25) is 5.91 Å². The first-order chi connectivity index (χ1) is 6.81. The molecule has 0 atom stereocenters. The fraction of sp³-hybridized carbons (Fsp3) is 0.200. The van der Waals surface area contributed by atoms with Gasteiger partial charge < -0.3 is 5.32 Å². The Hall–Kier alpha value is -1.42. The summed E-state index contributed by atoms with van der Waals surface area (Å²) in [5.74, 6) is 0.0190. The number of anilines is 1.